The molecule has 0 spiro atoms. The predicted molar refractivity (Wildman–Crippen MR) is 58.0 cm³/mol. The Morgan fingerprint density at radius 2 is 1.87 bits per heavy atom. The van der Waals surface area contributed by atoms with Crippen molar-refractivity contribution in [3.8, 4) is 0 Å². The molecule has 1 rings (SSSR count). The Kier molecular flexibility index (Phi) is 13.5. The fraction of sp³-hybridized carbons (Fsp3) is 0.273. The van der Waals surface area contributed by atoms with E-state index in [4.69, 9.17) is 0 Å². The van der Waals surface area contributed by atoms with Gasteiger partial charge in [0.15, 0.2) is 0 Å². The molecular weight excluding hydrogens is 267 g/mol. The maximum Gasteiger partial charge on any atom is 0.250 e. The number of carbonyl (C=O) groups excluding carboxylic acids is 1. The number of para-hydroxylation sites is 1. The zero-order valence-electron chi connectivity index (χ0n) is 9.19. The molecule has 0 bridgehead atoms. The average Bonchev–Trinajstić information content (AvgIpc) is 2.22. The standard InChI is InChI=1S/C9H11NO2.C2H5.Y/c1-12-7-9(11)10-8-5-3-2-4-6-8;1-2;/h2-6H,7H2,1H3,(H,10,11);1H2,2H3;/q;-1;. The summed E-state index contributed by atoms with van der Waals surface area (Å²) in [6, 6.07) is 9.28. The largest absolute Gasteiger partial charge is 0.375 e. The molecule has 4 heteroatoms. The molecule has 0 fully saturated rings. The third-order valence-corrected chi connectivity index (χ3v) is 1.33. The SMILES string of the molecule is COCC(=O)Nc1ccccc1.[CH2-]C.[Y]. The Morgan fingerprint density at radius 1 is 1.33 bits per heavy atom. The average molecular weight is 283 g/mol. The van der Waals surface area contributed by atoms with Gasteiger partial charge in [0.25, 0.3) is 0 Å². The van der Waals surface area contributed by atoms with Crippen molar-refractivity contribution in [3.05, 3.63) is 37.3 Å². The van der Waals surface area contributed by atoms with Crippen LogP contribution >= 0.6 is 0 Å². The summed E-state index contributed by atoms with van der Waals surface area (Å²) in [4.78, 5) is 11.0. The van der Waals surface area contributed by atoms with Crippen LogP contribution in [-0.4, -0.2) is 19.6 Å². The number of anilines is 1. The summed E-state index contributed by atoms with van der Waals surface area (Å²) in [6.07, 6.45) is 0. The first-order valence-corrected chi connectivity index (χ1v) is 4.37. The Balaban J connectivity index is 0. The zero-order valence-corrected chi connectivity index (χ0v) is 12.0. The van der Waals surface area contributed by atoms with Gasteiger partial charge in [-0.05, 0) is 12.1 Å². The monoisotopic (exact) mass is 283 g/mol. The van der Waals surface area contributed by atoms with E-state index in [1.54, 1.807) is 6.92 Å². The third-order valence-electron chi connectivity index (χ3n) is 1.33. The van der Waals surface area contributed by atoms with Crippen LogP contribution in [0, 0.1) is 6.92 Å². The van der Waals surface area contributed by atoms with Gasteiger partial charge in [-0.2, -0.15) is 6.92 Å². The second-order valence-corrected chi connectivity index (χ2v) is 2.35. The van der Waals surface area contributed by atoms with Crippen molar-refractivity contribution in [2.24, 2.45) is 0 Å². The van der Waals surface area contributed by atoms with E-state index in [1.165, 1.54) is 7.11 Å². The fourth-order valence-electron chi connectivity index (χ4n) is 0.850. The smallest absolute Gasteiger partial charge is 0.250 e. The fourth-order valence-corrected chi connectivity index (χ4v) is 0.850. The van der Waals surface area contributed by atoms with Crippen LogP contribution in [-0.2, 0) is 42.2 Å². The van der Waals surface area contributed by atoms with Crippen molar-refractivity contribution in [1.29, 1.82) is 0 Å². The van der Waals surface area contributed by atoms with E-state index in [2.05, 4.69) is 17.0 Å². The molecule has 0 heterocycles. The van der Waals surface area contributed by atoms with Crippen molar-refractivity contribution in [1.82, 2.24) is 0 Å². The Morgan fingerprint density at radius 3 is 2.33 bits per heavy atom. The molecular formula is C11H16NO2Y-. The van der Waals surface area contributed by atoms with E-state index in [9.17, 15) is 4.79 Å². The normalized spacial score (nSPS) is 7.93. The van der Waals surface area contributed by atoms with Gasteiger partial charge in [-0.15, -0.1) is 0 Å². The molecule has 0 saturated heterocycles. The second-order valence-electron chi connectivity index (χ2n) is 2.35. The number of hydrogen-bond donors (Lipinski definition) is 1. The summed E-state index contributed by atoms with van der Waals surface area (Å²) in [5.74, 6) is -0.135. The number of amides is 1. The first-order chi connectivity index (χ1) is 6.83. The number of methoxy groups -OCH3 is 1. The maximum absolute atomic E-state index is 11.0. The van der Waals surface area contributed by atoms with Gasteiger partial charge in [0.1, 0.15) is 6.61 Å². The Labute approximate surface area is 116 Å². The van der Waals surface area contributed by atoms with Crippen LogP contribution in [0.2, 0.25) is 0 Å². The number of benzene rings is 1. The van der Waals surface area contributed by atoms with Crippen LogP contribution in [0.3, 0.4) is 0 Å². The topological polar surface area (TPSA) is 38.3 Å². The van der Waals surface area contributed by atoms with Crippen molar-refractivity contribution in [3.63, 3.8) is 0 Å². The molecule has 0 aromatic heterocycles. The van der Waals surface area contributed by atoms with Crippen molar-refractivity contribution >= 4 is 11.6 Å². The van der Waals surface area contributed by atoms with E-state index in [0.29, 0.717) is 0 Å². The Bertz CT molecular complexity index is 252. The summed E-state index contributed by atoms with van der Waals surface area (Å²) in [6.45, 7) is 5.09. The third kappa shape index (κ3) is 8.73. The van der Waals surface area contributed by atoms with Gasteiger partial charge in [0.05, 0.1) is 0 Å². The molecule has 0 unspecified atom stereocenters. The number of rotatable bonds is 3. The Hall–Kier alpha value is -0.246. The van der Waals surface area contributed by atoms with E-state index in [-0.39, 0.29) is 45.2 Å². The number of hydrogen-bond acceptors (Lipinski definition) is 2. The number of carbonyl (C=O) groups is 1. The van der Waals surface area contributed by atoms with Crippen LogP contribution in [0.25, 0.3) is 0 Å². The molecule has 1 radical (unpaired) electrons. The minimum Gasteiger partial charge on any atom is -0.375 e. The minimum atomic E-state index is -0.135. The first kappa shape index (κ1) is 17.2. The molecule has 81 valence electrons. The van der Waals surface area contributed by atoms with Crippen LogP contribution < -0.4 is 5.32 Å². The van der Waals surface area contributed by atoms with Gasteiger partial charge in [-0.3, -0.25) is 4.79 Å². The van der Waals surface area contributed by atoms with Gasteiger partial charge >= 0.3 is 0 Å². The van der Waals surface area contributed by atoms with Crippen LogP contribution in [0.15, 0.2) is 30.3 Å². The first-order valence-electron chi connectivity index (χ1n) is 4.37. The quantitative estimate of drug-likeness (QED) is 0.863. The molecule has 0 aliphatic carbocycles. The van der Waals surface area contributed by atoms with Crippen LogP contribution in [0.1, 0.15) is 6.92 Å². The van der Waals surface area contributed by atoms with Gasteiger partial charge in [0.2, 0.25) is 5.91 Å². The van der Waals surface area contributed by atoms with E-state index in [0.717, 1.165) is 5.69 Å². The predicted octanol–water partition coefficient (Wildman–Crippen LogP) is 2.11. The second kappa shape index (κ2) is 11.8. The molecule has 1 N–H and O–H groups in total. The molecule has 0 aliphatic rings. The summed E-state index contributed by atoms with van der Waals surface area (Å²) in [7, 11) is 1.49. The van der Waals surface area contributed by atoms with Crippen LogP contribution in [0.5, 0.6) is 0 Å². The van der Waals surface area contributed by atoms with E-state index < -0.39 is 0 Å². The van der Waals surface area contributed by atoms with Crippen LogP contribution in [0.4, 0.5) is 5.69 Å². The van der Waals surface area contributed by atoms with Gasteiger partial charge in [-0.1, -0.05) is 18.2 Å². The molecule has 0 saturated carbocycles. The van der Waals surface area contributed by atoms with Crippen molar-refractivity contribution in [2.45, 2.75) is 6.92 Å². The summed E-state index contributed by atoms with van der Waals surface area (Å²) in [5.41, 5.74) is 0.791. The van der Waals surface area contributed by atoms with E-state index in [1.807, 2.05) is 30.3 Å². The van der Waals surface area contributed by atoms with Crippen molar-refractivity contribution < 1.29 is 42.2 Å². The molecule has 1 amide bonds. The summed E-state index contributed by atoms with van der Waals surface area (Å²) >= 11 is 0. The maximum atomic E-state index is 11.0. The number of ether oxygens (including phenoxy) is 1. The molecule has 15 heavy (non-hydrogen) atoms. The van der Waals surface area contributed by atoms with E-state index >= 15 is 0 Å². The molecule has 1 aromatic carbocycles. The zero-order chi connectivity index (χ0) is 10.8. The summed E-state index contributed by atoms with van der Waals surface area (Å²) in [5, 5.41) is 2.68. The molecule has 3 nitrogen and oxygen atoms in total. The van der Waals surface area contributed by atoms with Gasteiger partial charge < -0.3 is 17.0 Å². The minimum absolute atomic E-state index is 0. The molecule has 0 aliphatic heterocycles. The van der Waals surface area contributed by atoms with Gasteiger partial charge in [0, 0.05) is 45.5 Å². The molecule has 0 atom stereocenters. The van der Waals surface area contributed by atoms with Gasteiger partial charge in [-0.25, -0.2) is 0 Å². The summed E-state index contributed by atoms with van der Waals surface area (Å²) < 4.78 is 4.66. The number of nitrogens with one attached hydrogen (secondary N) is 1. The van der Waals surface area contributed by atoms with Crippen molar-refractivity contribution in [2.75, 3.05) is 19.0 Å². The molecule has 1 aromatic rings.